The summed E-state index contributed by atoms with van der Waals surface area (Å²) in [5, 5.41) is 22.3. The van der Waals surface area contributed by atoms with Crippen LogP contribution in [-0.2, 0) is 4.79 Å². The van der Waals surface area contributed by atoms with Gasteiger partial charge in [-0.25, -0.2) is 9.79 Å². The summed E-state index contributed by atoms with van der Waals surface area (Å²) in [5.41, 5.74) is 6.10. The molecule has 30 heavy (non-hydrogen) atoms. The number of amidine groups is 1. The molecule has 0 aliphatic heterocycles. The van der Waals surface area contributed by atoms with Crippen LogP contribution < -0.4 is 11.1 Å². The average molecular weight is 559 g/mol. The van der Waals surface area contributed by atoms with Crippen LogP contribution in [0.3, 0.4) is 0 Å². The highest BCUT2D eigenvalue weighted by Gasteiger charge is 2.26. The zero-order valence-electron chi connectivity index (χ0n) is 16.6. The van der Waals surface area contributed by atoms with Crippen molar-refractivity contribution in [2.45, 2.75) is 25.2 Å². The number of aliphatic hydroxyl groups is 1. The second kappa shape index (κ2) is 11.6. The maximum Gasteiger partial charge on any atom is 0.350 e. The number of quaternary nitrogens is 1. The number of thiophene rings is 1. The largest absolute Gasteiger partial charge is 0.505 e. The van der Waals surface area contributed by atoms with Gasteiger partial charge in [-0.2, -0.15) is 0 Å². The van der Waals surface area contributed by atoms with Crippen molar-refractivity contribution in [3.05, 3.63) is 55.5 Å². The number of hydrogen-bond donors (Lipinski definition) is 5. The number of rotatable bonds is 9. The standard InChI is InChI=1S/C20H23IN4O3S2/c1-11(2)7-8-24-20(27)16(18(26)17(22)14-4-3-9-29-14)19(23)25-13-6-5-12(21)10-15(13)30-28/h3-6,9-11,22,26,28H,7-8H2,1-2H3,(H2,23,25)(H,24,27)/p+1/b18-16+,22-17?. The lowest BCUT2D eigenvalue weighted by Crippen LogP contribution is -2.89. The van der Waals surface area contributed by atoms with Gasteiger partial charge >= 0.3 is 5.91 Å². The number of carbonyl (C=O) groups is 1. The van der Waals surface area contributed by atoms with E-state index in [1.165, 1.54) is 16.7 Å². The van der Waals surface area contributed by atoms with Crippen molar-refractivity contribution in [2.75, 3.05) is 6.54 Å². The molecule has 7 nitrogen and oxygen atoms in total. The maximum atomic E-state index is 12.9. The third-order valence-corrected chi connectivity index (χ3v) is 6.16. The van der Waals surface area contributed by atoms with Crippen LogP contribution in [-0.4, -0.2) is 33.7 Å². The van der Waals surface area contributed by atoms with Crippen molar-refractivity contribution in [1.29, 1.82) is 5.41 Å². The molecule has 2 aromatic rings. The molecule has 0 aliphatic rings. The summed E-state index contributed by atoms with van der Waals surface area (Å²) >= 11 is 3.91. The van der Waals surface area contributed by atoms with Gasteiger partial charge in [-0.1, -0.05) is 19.9 Å². The third kappa shape index (κ3) is 6.64. The highest BCUT2D eigenvalue weighted by atomic mass is 127. The lowest BCUT2D eigenvalue weighted by atomic mass is 10.1. The highest BCUT2D eigenvalue weighted by Crippen LogP contribution is 2.30. The Morgan fingerprint density at radius 1 is 1.40 bits per heavy atom. The topological polar surface area (TPSA) is 136 Å². The summed E-state index contributed by atoms with van der Waals surface area (Å²) in [7, 11) is 0. The zero-order valence-corrected chi connectivity index (χ0v) is 20.3. The molecule has 160 valence electrons. The van der Waals surface area contributed by atoms with Crippen molar-refractivity contribution in [3.63, 3.8) is 0 Å². The number of nitrogens with one attached hydrogen (secondary N) is 1. The van der Waals surface area contributed by atoms with Gasteiger partial charge in [0.05, 0.1) is 22.0 Å². The van der Waals surface area contributed by atoms with Gasteiger partial charge in [0.15, 0.2) is 11.3 Å². The first-order valence-electron chi connectivity index (χ1n) is 9.13. The Bertz CT molecular complexity index is 972. The molecular weight excluding hydrogens is 535 g/mol. The Hall–Kier alpha value is -1.73. The number of nitrogens with two attached hydrogens (primary N) is 2. The van der Waals surface area contributed by atoms with E-state index in [1.807, 2.05) is 0 Å². The molecule has 7 N–H and O–H groups in total. The molecule has 1 amide bonds. The lowest BCUT2D eigenvalue weighted by molar-refractivity contribution is -0.565. The number of aliphatic imine (C=N–C) groups is 1. The minimum Gasteiger partial charge on any atom is -0.505 e. The SMILES string of the molecule is CC(C)CC[NH2+]C(=O)/C(C(N)=Nc1ccc(I)cc1SO)=C(/O)C(=N)c1cccs1. The molecule has 0 unspecified atom stereocenters. The van der Waals surface area contributed by atoms with Crippen LogP contribution in [0, 0.1) is 14.9 Å². The fourth-order valence-corrected chi connectivity index (χ4v) is 4.28. The number of allylic oxidation sites excluding steroid dienone is 1. The van der Waals surface area contributed by atoms with Crippen molar-refractivity contribution in [3.8, 4) is 0 Å². The highest BCUT2D eigenvalue weighted by molar-refractivity contribution is 14.1. The number of amides is 1. The molecule has 0 spiro atoms. The smallest absolute Gasteiger partial charge is 0.350 e. The second-order valence-corrected chi connectivity index (χ2v) is 9.63. The molecule has 1 aromatic heterocycles. The van der Waals surface area contributed by atoms with Crippen molar-refractivity contribution < 1.29 is 19.8 Å². The fourth-order valence-electron chi connectivity index (χ4n) is 2.52. The molecule has 0 aliphatic carbocycles. The van der Waals surface area contributed by atoms with Crippen LogP contribution in [0.5, 0.6) is 0 Å². The molecule has 10 heteroatoms. The molecule has 1 heterocycles. The van der Waals surface area contributed by atoms with Gasteiger partial charge in [-0.3, -0.25) is 10.7 Å². The van der Waals surface area contributed by atoms with Gasteiger partial charge < -0.3 is 15.4 Å². The predicted molar refractivity (Wildman–Crippen MR) is 131 cm³/mol. The Labute approximate surface area is 197 Å². The number of carbonyl (C=O) groups excluding carboxylic acids is 1. The van der Waals surface area contributed by atoms with Crippen LogP contribution in [0.15, 0.2) is 56.9 Å². The van der Waals surface area contributed by atoms with E-state index < -0.39 is 11.7 Å². The van der Waals surface area contributed by atoms with E-state index in [1.54, 1.807) is 35.7 Å². The van der Waals surface area contributed by atoms with Gasteiger partial charge in [0.1, 0.15) is 11.5 Å². The first-order chi connectivity index (χ1) is 14.2. The summed E-state index contributed by atoms with van der Waals surface area (Å²) in [6.07, 6.45) is 0.807. The van der Waals surface area contributed by atoms with Gasteiger partial charge in [-0.05, 0) is 64.6 Å². The fraction of sp³-hybridized carbons (Fsp3) is 0.250. The number of hydrogen-bond acceptors (Lipinski definition) is 7. The Morgan fingerprint density at radius 2 is 2.13 bits per heavy atom. The average Bonchev–Trinajstić information content (AvgIpc) is 3.23. The molecular formula is C20H24IN4O3S2+. The Kier molecular flexibility index (Phi) is 9.49. The van der Waals surface area contributed by atoms with Crippen LogP contribution in [0.2, 0.25) is 0 Å². The summed E-state index contributed by atoms with van der Waals surface area (Å²) in [6, 6.07) is 8.62. The molecule has 0 bridgehead atoms. The predicted octanol–water partition coefficient (Wildman–Crippen LogP) is 3.92. The molecule has 1 aromatic carbocycles. The number of primary amides is 1. The minimum absolute atomic E-state index is 0.192. The van der Waals surface area contributed by atoms with Gasteiger partial charge in [0.25, 0.3) is 0 Å². The second-order valence-electron chi connectivity index (χ2n) is 6.82. The van der Waals surface area contributed by atoms with Crippen LogP contribution in [0.4, 0.5) is 5.69 Å². The van der Waals surface area contributed by atoms with Gasteiger partial charge in [-0.15, -0.1) is 11.3 Å². The molecule has 2 rings (SSSR count). The van der Waals surface area contributed by atoms with Gasteiger partial charge in [0, 0.05) is 15.6 Å². The minimum atomic E-state index is -0.520. The summed E-state index contributed by atoms with van der Waals surface area (Å²) in [5.74, 6) is -0.801. The monoisotopic (exact) mass is 559 g/mol. The number of halogens is 1. The van der Waals surface area contributed by atoms with Gasteiger partial charge in [0.2, 0.25) is 0 Å². The van der Waals surface area contributed by atoms with E-state index in [0.29, 0.717) is 40.0 Å². The zero-order chi connectivity index (χ0) is 22.3. The summed E-state index contributed by atoms with van der Waals surface area (Å²) in [6.45, 7) is 4.63. The van der Waals surface area contributed by atoms with E-state index in [9.17, 15) is 14.5 Å². The first kappa shape index (κ1) is 24.5. The van der Waals surface area contributed by atoms with E-state index in [2.05, 4.69) is 41.4 Å². The first-order valence-corrected chi connectivity index (χ1v) is 11.9. The van der Waals surface area contributed by atoms with Crippen molar-refractivity contribution in [2.24, 2.45) is 16.6 Å². The Balaban J connectivity index is 2.48. The van der Waals surface area contributed by atoms with Crippen LogP contribution in [0.1, 0.15) is 25.1 Å². The Morgan fingerprint density at radius 3 is 2.73 bits per heavy atom. The third-order valence-electron chi connectivity index (χ3n) is 4.08. The molecule has 0 radical (unpaired) electrons. The van der Waals surface area contributed by atoms with Crippen LogP contribution >= 0.6 is 46.0 Å². The lowest BCUT2D eigenvalue weighted by Gasteiger charge is -2.10. The van der Waals surface area contributed by atoms with Crippen LogP contribution in [0.25, 0.3) is 0 Å². The van der Waals surface area contributed by atoms with E-state index in [4.69, 9.17) is 11.1 Å². The number of nitrogens with zero attached hydrogens (tertiary/aromatic N) is 1. The number of aliphatic hydroxyl groups excluding tert-OH is 1. The van der Waals surface area contributed by atoms with E-state index in [-0.39, 0.29) is 17.1 Å². The molecule has 0 saturated heterocycles. The summed E-state index contributed by atoms with van der Waals surface area (Å²) in [4.78, 5) is 18.1. The number of benzene rings is 1. The quantitative estimate of drug-likeness (QED) is 0.0793. The normalized spacial score (nSPS) is 12.8. The van der Waals surface area contributed by atoms with Crippen molar-refractivity contribution in [1.82, 2.24) is 0 Å². The molecule has 0 atom stereocenters. The molecule has 0 saturated carbocycles. The van der Waals surface area contributed by atoms with E-state index in [0.717, 1.165) is 9.99 Å². The van der Waals surface area contributed by atoms with Crippen molar-refractivity contribution >= 4 is 69.1 Å². The van der Waals surface area contributed by atoms with E-state index >= 15 is 0 Å². The summed E-state index contributed by atoms with van der Waals surface area (Å²) < 4.78 is 10.4. The molecule has 0 fully saturated rings. The maximum absolute atomic E-state index is 12.9.